The quantitative estimate of drug-likeness (QED) is 0.731. The van der Waals surface area contributed by atoms with Gasteiger partial charge >= 0.3 is 6.09 Å². The van der Waals surface area contributed by atoms with Crippen LogP contribution in [0.2, 0.25) is 0 Å². The lowest BCUT2D eigenvalue weighted by Gasteiger charge is -2.51. The van der Waals surface area contributed by atoms with E-state index in [1.807, 2.05) is 0 Å². The number of fused-ring (bicyclic) bond motifs is 2. The Morgan fingerprint density at radius 3 is 2.46 bits per heavy atom. The van der Waals surface area contributed by atoms with Crippen molar-refractivity contribution < 1.29 is 27.1 Å². The van der Waals surface area contributed by atoms with Crippen LogP contribution >= 0.6 is 0 Å². The molecule has 10 heteroatoms. The van der Waals surface area contributed by atoms with Gasteiger partial charge in [0.15, 0.2) is 5.60 Å². The molecule has 5 rings (SSSR count). The first-order valence-corrected chi connectivity index (χ1v) is 10.8. The highest BCUT2D eigenvalue weighted by Crippen LogP contribution is 2.42. The number of amides is 2. The lowest BCUT2D eigenvalue weighted by atomic mass is 9.84. The summed E-state index contributed by atoms with van der Waals surface area (Å²) in [4.78, 5) is 27.8. The number of nitrogens with zero attached hydrogens (tertiary/aromatic N) is 3. The number of benzene rings is 1. The van der Waals surface area contributed by atoms with Crippen LogP contribution in [-0.2, 0) is 19.6 Å². The highest BCUT2D eigenvalue weighted by molar-refractivity contribution is 7.89. The molecule has 0 N–H and O–H groups in total. The monoisotopic (exact) mass is 409 g/mol. The van der Waals surface area contributed by atoms with E-state index in [4.69, 9.17) is 4.74 Å². The van der Waals surface area contributed by atoms with Gasteiger partial charge in [0, 0.05) is 25.6 Å². The summed E-state index contributed by atoms with van der Waals surface area (Å²) in [5.74, 6) is -0.327. The highest BCUT2D eigenvalue weighted by atomic mass is 32.2. The molecule has 8 nitrogen and oxygen atoms in total. The Hall–Kier alpha value is -2.20. The van der Waals surface area contributed by atoms with E-state index in [9.17, 15) is 22.4 Å². The predicted molar refractivity (Wildman–Crippen MR) is 94.2 cm³/mol. The van der Waals surface area contributed by atoms with Gasteiger partial charge in [0.05, 0.1) is 24.0 Å². The van der Waals surface area contributed by atoms with Crippen molar-refractivity contribution in [1.82, 2.24) is 14.1 Å². The molecule has 3 heterocycles. The Labute approximate surface area is 161 Å². The first-order chi connectivity index (χ1) is 13.3. The summed E-state index contributed by atoms with van der Waals surface area (Å²) in [6, 6.07) is 4.26. The van der Waals surface area contributed by atoms with Crippen LogP contribution in [0.1, 0.15) is 12.8 Å². The number of carbonyl (C=O) groups excluding carboxylic acids is 2. The summed E-state index contributed by atoms with van der Waals surface area (Å²) in [5.41, 5.74) is -0.849. The van der Waals surface area contributed by atoms with E-state index in [0.717, 1.165) is 25.0 Å². The Balaban J connectivity index is 1.36. The number of sulfonamides is 1. The SMILES string of the molecule is O=C(C1CC1)N1CC2(C1)OC(=O)N1CCN(S(=O)(=O)c3ccc(F)cc3)CC12. The van der Waals surface area contributed by atoms with Gasteiger partial charge in [-0.05, 0) is 37.1 Å². The van der Waals surface area contributed by atoms with E-state index in [-0.39, 0.29) is 36.4 Å². The maximum Gasteiger partial charge on any atom is 0.411 e. The second-order valence-corrected chi connectivity index (χ2v) is 9.87. The molecule has 3 saturated heterocycles. The Morgan fingerprint density at radius 1 is 1.14 bits per heavy atom. The Kier molecular flexibility index (Phi) is 3.76. The van der Waals surface area contributed by atoms with Crippen molar-refractivity contribution in [3.8, 4) is 0 Å². The molecule has 4 aliphatic rings. The molecule has 1 aliphatic carbocycles. The number of hydrogen-bond donors (Lipinski definition) is 0. The molecule has 1 saturated carbocycles. The van der Waals surface area contributed by atoms with E-state index in [0.29, 0.717) is 13.1 Å². The van der Waals surface area contributed by atoms with Crippen molar-refractivity contribution in [2.24, 2.45) is 5.92 Å². The maximum atomic E-state index is 13.2. The average molecular weight is 409 g/mol. The minimum atomic E-state index is -3.81. The van der Waals surface area contributed by atoms with Crippen molar-refractivity contribution in [1.29, 1.82) is 0 Å². The number of piperazine rings is 1. The van der Waals surface area contributed by atoms with Crippen LogP contribution in [-0.4, -0.2) is 78.9 Å². The minimum Gasteiger partial charge on any atom is -0.437 e. The Bertz CT molecular complexity index is 940. The zero-order valence-corrected chi connectivity index (χ0v) is 15.9. The molecular formula is C18H20FN3O5S. The molecule has 1 aromatic carbocycles. The van der Waals surface area contributed by atoms with Gasteiger partial charge in [0.25, 0.3) is 0 Å². The van der Waals surface area contributed by atoms with Crippen LogP contribution in [0, 0.1) is 11.7 Å². The summed E-state index contributed by atoms with van der Waals surface area (Å²) in [7, 11) is -3.81. The molecule has 1 unspecified atom stereocenters. The number of carbonyl (C=O) groups is 2. The molecule has 150 valence electrons. The molecule has 0 radical (unpaired) electrons. The third-order valence-corrected chi connectivity index (χ3v) is 7.96. The number of halogens is 1. The van der Waals surface area contributed by atoms with Gasteiger partial charge in [0.1, 0.15) is 5.82 Å². The lowest BCUT2D eigenvalue weighted by Crippen LogP contribution is -2.72. The molecule has 1 spiro atoms. The predicted octanol–water partition coefficient (Wildman–Crippen LogP) is 0.642. The topological polar surface area (TPSA) is 87.2 Å². The summed E-state index contributed by atoms with van der Waals surface area (Å²) in [6.45, 7) is 1.07. The zero-order chi connectivity index (χ0) is 19.7. The van der Waals surface area contributed by atoms with Crippen LogP contribution in [0.4, 0.5) is 9.18 Å². The largest absolute Gasteiger partial charge is 0.437 e. The summed E-state index contributed by atoms with van der Waals surface area (Å²) in [5, 5.41) is 0. The van der Waals surface area contributed by atoms with Crippen LogP contribution in [0.25, 0.3) is 0 Å². The molecule has 1 atom stereocenters. The molecular weight excluding hydrogens is 389 g/mol. The van der Waals surface area contributed by atoms with Gasteiger partial charge in [-0.3, -0.25) is 9.69 Å². The third kappa shape index (κ3) is 2.61. The molecule has 2 amide bonds. The molecule has 28 heavy (non-hydrogen) atoms. The normalized spacial score (nSPS) is 26.8. The van der Waals surface area contributed by atoms with E-state index in [1.54, 1.807) is 9.80 Å². The van der Waals surface area contributed by atoms with Gasteiger partial charge in [0.2, 0.25) is 15.9 Å². The maximum absolute atomic E-state index is 13.2. The summed E-state index contributed by atoms with van der Waals surface area (Å²) >= 11 is 0. The second kappa shape index (κ2) is 5.90. The summed E-state index contributed by atoms with van der Waals surface area (Å²) < 4.78 is 46.0. The lowest BCUT2D eigenvalue weighted by molar-refractivity contribution is -0.156. The average Bonchev–Trinajstić information content (AvgIpc) is 3.44. The van der Waals surface area contributed by atoms with Crippen molar-refractivity contribution in [3.05, 3.63) is 30.1 Å². The van der Waals surface area contributed by atoms with Crippen LogP contribution in [0.15, 0.2) is 29.2 Å². The molecule has 4 fully saturated rings. The smallest absolute Gasteiger partial charge is 0.411 e. The van der Waals surface area contributed by atoms with Gasteiger partial charge in [-0.2, -0.15) is 4.31 Å². The number of ether oxygens (including phenoxy) is 1. The summed E-state index contributed by atoms with van der Waals surface area (Å²) in [6.07, 6.45) is 1.35. The Morgan fingerprint density at radius 2 is 1.82 bits per heavy atom. The molecule has 3 aliphatic heterocycles. The van der Waals surface area contributed by atoms with Gasteiger partial charge in [-0.1, -0.05) is 0 Å². The highest BCUT2D eigenvalue weighted by Gasteiger charge is 2.63. The van der Waals surface area contributed by atoms with Crippen molar-refractivity contribution in [2.75, 3.05) is 32.7 Å². The fourth-order valence-electron chi connectivity index (χ4n) is 4.32. The standard InChI is InChI=1S/C18H20FN3O5S/c19-13-3-5-14(6-4-13)28(25,26)21-7-8-22-15(9-21)18(27-17(22)24)10-20(11-18)16(23)12-1-2-12/h3-6,12,15H,1-2,7-11H2. The fourth-order valence-corrected chi connectivity index (χ4v) is 5.76. The van der Waals surface area contributed by atoms with E-state index < -0.39 is 33.6 Å². The zero-order valence-electron chi connectivity index (χ0n) is 15.1. The molecule has 1 aromatic rings. The van der Waals surface area contributed by atoms with Gasteiger partial charge in [-0.25, -0.2) is 17.6 Å². The van der Waals surface area contributed by atoms with Crippen molar-refractivity contribution in [2.45, 2.75) is 29.4 Å². The number of rotatable bonds is 3. The van der Waals surface area contributed by atoms with Gasteiger partial charge in [-0.15, -0.1) is 0 Å². The van der Waals surface area contributed by atoms with Crippen LogP contribution in [0.5, 0.6) is 0 Å². The third-order valence-electron chi connectivity index (χ3n) is 6.08. The van der Waals surface area contributed by atoms with Crippen molar-refractivity contribution in [3.63, 3.8) is 0 Å². The van der Waals surface area contributed by atoms with E-state index >= 15 is 0 Å². The minimum absolute atomic E-state index is 0.0146. The second-order valence-electron chi connectivity index (χ2n) is 7.93. The van der Waals surface area contributed by atoms with Crippen LogP contribution < -0.4 is 0 Å². The first kappa shape index (κ1) is 17.9. The number of hydrogen-bond acceptors (Lipinski definition) is 5. The van der Waals surface area contributed by atoms with E-state index in [1.165, 1.54) is 16.4 Å². The van der Waals surface area contributed by atoms with Crippen molar-refractivity contribution >= 4 is 22.0 Å². The molecule has 0 aromatic heterocycles. The molecule has 0 bridgehead atoms. The number of likely N-dealkylation sites (tertiary alicyclic amines) is 1. The van der Waals surface area contributed by atoms with Crippen LogP contribution in [0.3, 0.4) is 0 Å². The fraction of sp³-hybridized carbons (Fsp3) is 0.556. The van der Waals surface area contributed by atoms with Gasteiger partial charge < -0.3 is 9.64 Å². The first-order valence-electron chi connectivity index (χ1n) is 9.34. The van der Waals surface area contributed by atoms with E-state index in [2.05, 4.69) is 0 Å².